The van der Waals surface area contributed by atoms with Crippen molar-refractivity contribution in [2.75, 3.05) is 21.1 Å². The van der Waals surface area contributed by atoms with Gasteiger partial charge in [0.15, 0.2) is 12.3 Å². The Morgan fingerprint density at radius 3 is 2.00 bits per heavy atom. The predicted octanol–water partition coefficient (Wildman–Crippen LogP) is -1.36. The average molecular weight is 214 g/mol. The molecule has 0 N–H and O–H groups in total. The van der Waals surface area contributed by atoms with Gasteiger partial charge in [-0.05, 0) is 0 Å². The molecule has 1 unspecified atom stereocenters. The zero-order chi connectivity index (χ0) is 9.90. The van der Waals surface area contributed by atoms with E-state index in [1.807, 2.05) is 51.5 Å². The van der Waals surface area contributed by atoms with Crippen molar-refractivity contribution in [3.63, 3.8) is 0 Å². The molecule has 0 bridgehead atoms. The Kier molecular flexibility index (Phi) is 4.81. The van der Waals surface area contributed by atoms with Gasteiger partial charge in [-0.25, -0.2) is 0 Å². The third-order valence-corrected chi connectivity index (χ3v) is 2.10. The number of aldehydes is 1. The monoisotopic (exact) mass is 213 g/mol. The Bertz CT molecular complexity index is 279. The molecule has 3 heteroatoms. The molecule has 0 aliphatic heterocycles. The molecule has 0 aliphatic carbocycles. The van der Waals surface area contributed by atoms with Crippen molar-refractivity contribution in [2.24, 2.45) is 0 Å². The molecule has 1 aromatic carbocycles. The van der Waals surface area contributed by atoms with Crippen molar-refractivity contribution in [1.29, 1.82) is 0 Å². The van der Waals surface area contributed by atoms with Gasteiger partial charge in [0, 0.05) is 5.56 Å². The molecule has 0 heterocycles. The molecular weight excluding hydrogens is 198 g/mol. The molecule has 0 radical (unpaired) electrons. The number of halogens is 1. The van der Waals surface area contributed by atoms with Gasteiger partial charge in [-0.15, -0.1) is 0 Å². The first-order valence-electron chi connectivity index (χ1n) is 4.37. The second-order valence-corrected chi connectivity index (χ2v) is 4.11. The fraction of sp³-hybridized carbons (Fsp3) is 0.364. The van der Waals surface area contributed by atoms with Crippen molar-refractivity contribution in [2.45, 2.75) is 6.04 Å². The maximum atomic E-state index is 10.9. The van der Waals surface area contributed by atoms with Gasteiger partial charge in [0.1, 0.15) is 0 Å². The van der Waals surface area contributed by atoms with Gasteiger partial charge >= 0.3 is 0 Å². The molecule has 0 saturated heterocycles. The molecule has 0 spiro atoms. The van der Waals surface area contributed by atoms with E-state index < -0.39 is 0 Å². The number of hydrogen-bond donors (Lipinski definition) is 0. The fourth-order valence-electron chi connectivity index (χ4n) is 1.36. The van der Waals surface area contributed by atoms with Crippen molar-refractivity contribution < 1.29 is 21.7 Å². The number of hydrogen-bond acceptors (Lipinski definition) is 1. The maximum absolute atomic E-state index is 10.9. The quantitative estimate of drug-likeness (QED) is 0.448. The average Bonchev–Trinajstić information content (AvgIpc) is 2.05. The van der Waals surface area contributed by atoms with Crippen LogP contribution < -0.4 is 12.4 Å². The van der Waals surface area contributed by atoms with Crippen molar-refractivity contribution in [3.8, 4) is 0 Å². The topological polar surface area (TPSA) is 17.1 Å². The van der Waals surface area contributed by atoms with Gasteiger partial charge in [-0.2, -0.15) is 0 Å². The van der Waals surface area contributed by atoms with Gasteiger partial charge in [0.05, 0.1) is 21.1 Å². The largest absolute Gasteiger partial charge is 1.00 e. The van der Waals surface area contributed by atoms with E-state index in [9.17, 15) is 4.79 Å². The SMILES string of the molecule is C[N+](C)(C)C(C=O)c1ccccc1.[Cl-]. The molecule has 0 amide bonds. The van der Waals surface area contributed by atoms with Crippen molar-refractivity contribution in [1.82, 2.24) is 0 Å². The lowest BCUT2D eigenvalue weighted by Gasteiger charge is -2.30. The van der Waals surface area contributed by atoms with E-state index >= 15 is 0 Å². The molecule has 1 rings (SSSR count). The summed E-state index contributed by atoms with van der Waals surface area (Å²) in [4.78, 5) is 10.9. The number of likely N-dealkylation sites (N-methyl/N-ethyl adjacent to an activating group) is 1. The number of quaternary nitrogens is 1. The zero-order valence-corrected chi connectivity index (χ0v) is 9.53. The van der Waals surface area contributed by atoms with E-state index in [1.54, 1.807) is 0 Å². The Hall–Kier alpha value is -0.860. The predicted molar refractivity (Wildman–Crippen MR) is 53.3 cm³/mol. The van der Waals surface area contributed by atoms with Gasteiger partial charge in [-0.1, -0.05) is 30.3 Å². The van der Waals surface area contributed by atoms with E-state index in [-0.39, 0.29) is 18.4 Å². The summed E-state index contributed by atoms with van der Waals surface area (Å²) < 4.78 is 0.632. The summed E-state index contributed by atoms with van der Waals surface area (Å²) in [5.41, 5.74) is 1.07. The minimum Gasteiger partial charge on any atom is -1.00 e. The minimum atomic E-state index is -0.0683. The lowest BCUT2D eigenvalue weighted by atomic mass is 10.1. The summed E-state index contributed by atoms with van der Waals surface area (Å²) >= 11 is 0. The Labute approximate surface area is 91.5 Å². The third-order valence-electron chi connectivity index (χ3n) is 2.10. The number of carbonyl (C=O) groups excluding carboxylic acids is 1. The first-order chi connectivity index (χ1) is 6.05. The number of rotatable bonds is 3. The third kappa shape index (κ3) is 3.13. The van der Waals surface area contributed by atoms with Crippen LogP contribution in [0.5, 0.6) is 0 Å². The van der Waals surface area contributed by atoms with E-state index in [1.165, 1.54) is 0 Å². The molecule has 2 nitrogen and oxygen atoms in total. The summed E-state index contributed by atoms with van der Waals surface area (Å²) in [5, 5.41) is 0. The minimum absolute atomic E-state index is 0. The first kappa shape index (κ1) is 13.1. The molecular formula is C11H16ClNO. The summed E-state index contributed by atoms with van der Waals surface area (Å²) in [6, 6.07) is 9.79. The molecule has 0 aliphatic rings. The van der Waals surface area contributed by atoms with Crippen LogP contribution in [0, 0.1) is 0 Å². The molecule has 78 valence electrons. The second-order valence-electron chi connectivity index (χ2n) is 4.11. The Morgan fingerprint density at radius 2 is 1.64 bits per heavy atom. The van der Waals surface area contributed by atoms with Gasteiger partial charge in [0.2, 0.25) is 0 Å². The van der Waals surface area contributed by atoms with E-state index in [2.05, 4.69) is 0 Å². The summed E-state index contributed by atoms with van der Waals surface area (Å²) in [5.74, 6) is 0. The molecule has 1 aromatic rings. The van der Waals surface area contributed by atoms with Crippen LogP contribution in [0.25, 0.3) is 0 Å². The van der Waals surface area contributed by atoms with E-state index in [4.69, 9.17) is 0 Å². The fourth-order valence-corrected chi connectivity index (χ4v) is 1.36. The summed E-state index contributed by atoms with van der Waals surface area (Å²) in [7, 11) is 6.06. The standard InChI is InChI=1S/C11H16NO.ClH/c1-12(2,3)11(9-13)10-7-5-4-6-8-10;/h4-9,11H,1-3H3;1H/q+1;/p-1. The maximum Gasteiger partial charge on any atom is 0.182 e. The normalized spacial score (nSPS) is 12.8. The van der Waals surface area contributed by atoms with Crippen LogP contribution in [-0.4, -0.2) is 31.9 Å². The van der Waals surface area contributed by atoms with Crippen LogP contribution in [-0.2, 0) is 4.79 Å². The van der Waals surface area contributed by atoms with Crippen molar-refractivity contribution >= 4 is 6.29 Å². The van der Waals surface area contributed by atoms with Crippen LogP contribution in [0.3, 0.4) is 0 Å². The molecule has 0 aromatic heterocycles. The van der Waals surface area contributed by atoms with Crippen LogP contribution in [0.2, 0.25) is 0 Å². The first-order valence-corrected chi connectivity index (χ1v) is 4.37. The molecule has 1 atom stereocenters. The highest BCUT2D eigenvalue weighted by atomic mass is 35.5. The molecule has 0 fully saturated rings. The highest BCUT2D eigenvalue weighted by Gasteiger charge is 2.24. The highest BCUT2D eigenvalue weighted by Crippen LogP contribution is 2.20. The molecule has 14 heavy (non-hydrogen) atoms. The molecule has 0 saturated carbocycles. The van der Waals surface area contributed by atoms with Gasteiger partial charge < -0.3 is 16.9 Å². The highest BCUT2D eigenvalue weighted by molar-refractivity contribution is 5.59. The van der Waals surface area contributed by atoms with Crippen LogP contribution in [0.15, 0.2) is 30.3 Å². The van der Waals surface area contributed by atoms with Crippen molar-refractivity contribution in [3.05, 3.63) is 35.9 Å². The lowest BCUT2D eigenvalue weighted by molar-refractivity contribution is -0.891. The number of nitrogens with zero attached hydrogens (tertiary/aromatic N) is 1. The van der Waals surface area contributed by atoms with E-state index in [0.717, 1.165) is 11.8 Å². The van der Waals surface area contributed by atoms with Crippen LogP contribution in [0.4, 0.5) is 0 Å². The van der Waals surface area contributed by atoms with Crippen LogP contribution in [0.1, 0.15) is 11.6 Å². The smallest absolute Gasteiger partial charge is 0.182 e. The Balaban J connectivity index is 0.00000169. The summed E-state index contributed by atoms with van der Waals surface area (Å²) in [6.07, 6.45) is 1.01. The Morgan fingerprint density at radius 1 is 1.14 bits per heavy atom. The van der Waals surface area contributed by atoms with Gasteiger partial charge in [-0.3, -0.25) is 4.79 Å². The summed E-state index contributed by atoms with van der Waals surface area (Å²) in [6.45, 7) is 0. The van der Waals surface area contributed by atoms with E-state index in [0.29, 0.717) is 4.48 Å². The lowest BCUT2D eigenvalue weighted by Crippen LogP contribution is -3.00. The zero-order valence-electron chi connectivity index (χ0n) is 8.77. The number of benzene rings is 1. The second kappa shape index (κ2) is 5.13. The van der Waals surface area contributed by atoms with Crippen LogP contribution >= 0.6 is 0 Å². The van der Waals surface area contributed by atoms with Gasteiger partial charge in [0.25, 0.3) is 0 Å². The number of carbonyl (C=O) groups is 1.